The normalized spacial score (nSPS) is 17.5. The summed E-state index contributed by atoms with van der Waals surface area (Å²) in [5, 5.41) is 11.6. The first-order valence-corrected chi connectivity index (χ1v) is 7.69. The van der Waals surface area contributed by atoms with Gasteiger partial charge in [-0.1, -0.05) is 19.1 Å². The van der Waals surface area contributed by atoms with E-state index in [-0.39, 0.29) is 0 Å². The third-order valence-electron chi connectivity index (χ3n) is 4.06. The molecule has 1 fully saturated rings. The van der Waals surface area contributed by atoms with Crippen molar-refractivity contribution in [3.05, 3.63) is 42.1 Å². The van der Waals surface area contributed by atoms with Crippen molar-refractivity contribution in [1.82, 2.24) is 10.2 Å². The molecule has 3 rings (SSSR count). The van der Waals surface area contributed by atoms with Crippen molar-refractivity contribution in [2.24, 2.45) is 5.92 Å². The lowest BCUT2D eigenvalue weighted by Gasteiger charge is -2.18. The number of ether oxygens (including phenoxy) is 1. The smallest absolute Gasteiger partial charge is 0.150 e. The number of hydrogen-bond donors (Lipinski definition) is 1. The Morgan fingerprint density at radius 3 is 2.82 bits per heavy atom. The third kappa shape index (κ3) is 3.47. The first kappa shape index (κ1) is 14.6. The van der Waals surface area contributed by atoms with E-state index in [1.807, 2.05) is 30.5 Å². The fourth-order valence-corrected chi connectivity index (χ4v) is 2.72. The fourth-order valence-electron chi connectivity index (χ4n) is 2.72. The number of anilines is 2. The van der Waals surface area contributed by atoms with Crippen LogP contribution in [0, 0.1) is 5.92 Å². The highest BCUT2D eigenvalue weighted by atomic mass is 16.5. The summed E-state index contributed by atoms with van der Waals surface area (Å²) in [4.78, 5) is 2.37. The Bertz CT molecular complexity index is 614. The molecule has 0 bridgehead atoms. The van der Waals surface area contributed by atoms with Crippen molar-refractivity contribution in [2.45, 2.75) is 19.9 Å². The average molecular weight is 298 g/mol. The highest BCUT2D eigenvalue weighted by Crippen LogP contribution is 2.24. The van der Waals surface area contributed by atoms with Crippen molar-refractivity contribution in [3.8, 4) is 5.75 Å². The zero-order valence-corrected chi connectivity index (χ0v) is 13.1. The molecule has 0 spiro atoms. The zero-order valence-electron chi connectivity index (χ0n) is 13.1. The summed E-state index contributed by atoms with van der Waals surface area (Å²) in [6, 6.07) is 10.1. The standard InChI is InChI=1S/C17H22N4O/c1-13-7-8-21(12-13)15-9-17(20-19-11-15)18-10-14-3-5-16(22-2)6-4-14/h3-6,9,11,13H,7-8,10,12H2,1-2H3,(H,18,20)/t13-/m1/s1. The van der Waals surface area contributed by atoms with Gasteiger partial charge in [0.1, 0.15) is 5.75 Å². The molecule has 0 radical (unpaired) electrons. The number of nitrogens with zero attached hydrogens (tertiary/aromatic N) is 3. The molecule has 0 saturated carbocycles. The summed E-state index contributed by atoms with van der Waals surface area (Å²) >= 11 is 0. The van der Waals surface area contributed by atoms with E-state index >= 15 is 0 Å². The summed E-state index contributed by atoms with van der Waals surface area (Å²) in [6.07, 6.45) is 3.09. The summed E-state index contributed by atoms with van der Waals surface area (Å²) in [5.74, 6) is 2.44. The second kappa shape index (κ2) is 6.64. The molecular formula is C17H22N4O. The average Bonchev–Trinajstić information content (AvgIpc) is 3.00. The predicted octanol–water partition coefficient (Wildman–Crippen LogP) is 2.94. The molecule has 1 saturated heterocycles. The molecule has 5 heteroatoms. The van der Waals surface area contributed by atoms with Crippen LogP contribution in [0.4, 0.5) is 11.5 Å². The van der Waals surface area contributed by atoms with Gasteiger partial charge < -0.3 is 15.0 Å². The molecule has 0 unspecified atom stereocenters. The van der Waals surface area contributed by atoms with Crippen LogP contribution in [0.1, 0.15) is 18.9 Å². The number of rotatable bonds is 5. The van der Waals surface area contributed by atoms with E-state index in [1.54, 1.807) is 7.11 Å². The second-order valence-corrected chi connectivity index (χ2v) is 5.84. The Labute approximate surface area is 131 Å². The minimum atomic E-state index is 0.721. The lowest BCUT2D eigenvalue weighted by Crippen LogP contribution is -2.19. The molecule has 0 amide bonds. The Kier molecular flexibility index (Phi) is 4.42. The van der Waals surface area contributed by atoms with E-state index in [0.717, 1.165) is 42.8 Å². The summed E-state index contributed by atoms with van der Waals surface area (Å²) in [5.41, 5.74) is 2.33. The van der Waals surface area contributed by atoms with Gasteiger partial charge in [-0.05, 0) is 30.0 Å². The van der Waals surface area contributed by atoms with E-state index < -0.39 is 0 Å². The molecule has 1 aromatic heterocycles. The first-order valence-electron chi connectivity index (χ1n) is 7.69. The number of aromatic nitrogens is 2. The molecule has 1 aromatic carbocycles. The fraction of sp³-hybridized carbons (Fsp3) is 0.412. The van der Waals surface area contributed by atoms with Crippen LogP contribution < -0.4 is 15.0 Å². The highest BCUT2D eigenvalue weighted by Gasteiger charge is 2.19. The quantitative estimate of drug-likeness (QED) is 0.919. The number of nitrogens with one attached hydrogen (secondary N) is 1. The largest absolute Gasteiger partial charge is 0.497 e. The van der Waals surface area contributed by atoms with Crippen molar-refractivity contribution < 1.29 is 4.74 Å². The lowest BCUT2D eigenvalue weighted by molar-refractivity contribution is 0.414. The van der Waals surface area contributed by atoms with Crippen LogP contribution in [0.25, 0.3) is 0 Å². The van der Waals surface area contributed by atoms with Crippen LogP contribution in [-0.4, -0.2) is 30.4 Å². The van der Waals surface area contributed by atoms with Gasteiger partial charge in [0.05, 0.1) is 19.0 Å². The molecule has 2 aromatic rings. The second-order valence-electron chi connectivity index (χ2n) is 5.84. The third-order valence-corrected chi connectivity index (χ3v) is 4.06. The Hall–Kier alpha value is -2.30. The molecule has 2 heterocycles. The van der Waals surface area contributed by atoms with E-state index in [1.165, 1.54) is 12.0 Å². The number of methoxy groups -OCH3 is 1. The van der Waals surface area contributed by atoms with Gasteiger partial charge in [0.25, 0.3) is 0 Å². The van der Waals surface area contributed by atoms with Gasteiger partial charge in [-0.3, -0.25) is 0 Å². The van der Waals surface area contributed by atoms with Gasteiger partial charge in [0, 0.05) is 25.7 Å². The molecule has 22 heavy (non-hydrogen) atoms. The summed E-state index contributed by atoms with van der Waals surface area (Å²) < 4.78 is 5.17. The molecular weight excluding hydrogens is 276 g/mol. The lowest BCUT2D eigenvalue weighted by atomic mass is 10.2. The monoisotopic (exact) mass is 298 g/mol. The van der Waals surface area contributed by atoms with Crippen LogP contribution in [-0.2, 0) is 6.54 Å². The summed E-state index contributed by atoms with van der Waals surface area (Å²) in [6.45, 7) is 5.21. The van der Waals surface area contributed by atoms with Crippen molar-refractivity contribution >= 4 is 11.5 Å². The summed E-state index contributed by atoms with van der Waals surface area (Å²) in [7, 11) is 1.67. The van der Waals surface area contributed by atoms with E-state index in [9.17, 15) is 0 Å². The van der Waals surface area contributed by atoms with Gasteiger partial charge in [-0.25, -0.2) is 0 Å². The van der Waals surface area contributed by atoms with E-state index in [2.05, 4.69) is 33.4 Å². The van der Waals surface area contributed by atoms with Gasteiger partial charge in [-0.2, -0.15) is 5.10 Å². The Morgan fingerprint density at radius 1 is 1.32 bits per heavy atom. The van der Waals surface area contributed by atoms with Crippen LogP contribution in [0.2, 0.25) is 0 Å². The predicted molar refractivity (Wildman–Crippen MR) is 88.3 cm³/mol. The molecule has 1 atom stereocenters. The Morgan fingerprint density at radius 2 is 2.14 bits per heavy atom. The molecule has 1 N–H and O–H groups in total. The molecule has 0 aliphatic carbocycles. The van der Waals surface area contributed by atoms with Crippen LogP contribution >= 0.6 is 0 Å². The number of benzene rings is 1. The van der Waals surface area contributed by atoms with Gasteiger partial charge in [0.2, 0.25) is 0 Å². The van der Waals surface area contributed by atoms with Gasteiger partial charge in [-0.15, -0.1) is 5.10 Å². The molecule has 5 nitrogen and oxygen atoms in total. The van der Waals surface area contributed by atoms with Crippen molar-refractivity contribution in [3.63, 3.8) is 0 Å². The SMILES string of the molecule is COc1ccc(CNc2cc(N3CC[C@@H](C)C3)cnn2)cc1. The first-order chi connectivity index (χ1) is 10.7. The molecule has 1 aliphatic heterocycles. The van der Waals surface area contributed by atoms with Crippen molar-refractivity contribution in [1.29, 1.82) is 0 Å². The maximum atomic E-state index is 5.17. The van der Waals surface area contributed by atoms with Crippen LogP contribution in [0.15, 0.2) is 36.5 Å². The minimum Gasteiger partial charge on any atom is -0.497 e. The van der Waals surface area contributed by atoms with E-state index in [4.69, 9.17) is 4.74 Å². The maximum Gasteiger partial charge on any atom is 0.150 e. The van der Waals surface area contributed by atoms with Gasteiger partial charge in [0.15, 0.2) is 5.82 Å². The molecule has 116 valence electrons. The number of hydrogen-bond acceptors (Lipinski definition) is 5. The van der Waals surface area contributed by atoms with Crippen molar-refractivity contribution in [2.75, 3.05) is 30.4 Å². The van der Waals surface area contributed by atoms with E-state index in [0.29, 0.717) is 0 Å². The van der Waals surface area contributed by atoms with Gasteiger partial charge >= 0.3 is 0 Å². The maximum absolute atomic E-state index is 5.17. The Balaban J connectivity index is 1.62. The minimum absolute atomic E-state index is 0.721. The zero-order chi connectivity index (χ0) is 15.4. The highest BCUT2D eigenvalue weighted by molar-refractivity contribution is 5.52. The topological polar surface area (TPSA) is 50.3 Å². The van der Waals surface area contributed by atoms with Crippen LogP contribution in [0.3, 0.4) is 0 Å². The van der Waals surface area contributed by atoms with Crippen LogP contribution in [0.5, 0.6) is 5.75 Å². The molecule has 1 aliphatic rings.